The molecule has 4 heteroatoms. The normalized spacial score (nSPS) is 32.6. The lowest BCUT2D eigenvalue weighted by Crippen LogP contribution is -2.42. The maximum absolute atomic E-state index is 13.7. The second-order valence-corrected chi connectivity index (χ2v) is 5.86. The van der Waals surface area contributed by atoms with Crippen molar-refractivity contribution in [3.05, 3.63) is 29.6 Å². The largest absolute Gasteiger partial charge is 0.327 e. The van der Waals surface area contributed by atoms with Gasteiger partial charge in [0, 0.05) is 6.04 Å². The number of nitrogens with one attached hydrogen (secondary N) is 1. The number of fused-ring (bicyclic) bond motifs is 2. The SMILES string of the molecule is Cc1cccc(F)c1NC(=O)C1C2CCC(C2)C1N. The van der Waals surface area contributed by atoms with E-state index in [1.807, 2.05) is 0 Å². The highest BCUT2D eigenvalue weighted by Crippen LogP contribution is 2.48. The first-order valence-corrected chi connectivity index (χ1v) is 6.89. The zero-order chi connectivity index (χ0) is 13.6. The molecular formula is C15H19FN2O. The number of nitrogens with two attached hydrogens (primary N) is 1. The Hall–Kier alpha value is -1.42. The molecule has 102 valence electrons. The maximum atomic E-state index is 13.7. The van der Waals surface area contributed by atoms with Crippen LogP contribution in [0.5, 0.6) is 0 Å². The predicted molar refractivity (Wildman–Crippen MR) is 72.1 cm³/mol. The predicted octanol–water partition coefficient (Wildman–Crippen LogP) is 2.45. The lowest BCUT2D eigenvalue weighted by atomic mass is 9.84. The van der Waals surface area contributed by atoms with E-state index in [2.05, 4.69) is 5.32 Å². The van der Waals surface area contributed by atoms with Crippen molar-refractivity contribution < 1.29 is 9.18 Å². The van der Waals surface area contributed by atoms with E-state index < -0.39 is 0 Å². The number of hydrogen-bond acceptors (Lipinski definition) is 2. The molecule has 0 aliphatic heterocycles. The Morgan fingerprint density at radius 3 is 2.74 bits per heavy atom. The van der Waals surface area contributed by atoms with E-state index in [-0.39, 0.29) is 23.7 Å². The van der Waals surface area contributed by atoms with Crippen LogP contribution in [-0.4, -0.2) is 11.9 Å². The molecule has 0 aromatic heterocycles. The minimum absolute atomic E-state index is 0.0640. The summed E-state index contributed by atoms with van der Waals surface area (Å²) in [6, 6.07) is 4.73. The number of aryl methyl sites for hydroxylation is 1. The Morgan fingerprint density at radius 1 is 1.37 bits per heavy atom. The van der Waals surface area contributed by atoms with Gasteiger partial charge in [-0.05, 0) is 49.7 Å². The summed E-state index contributed by atoms with van der Waals surface area (Å²) >= 11 is 0. The molecule has 19 heavy (non-hydrogen) atoms. The lowest BCUT2D eigenvalue weighted by molar-refractivity contribution is -0.121. The van der Waals surface area contributed by atoms with Crippen molar-refractivity contribution in [2.24, 2.45) is 23.5 Å². The second kappa shape index (κ2) is 4.60. The number of anilines is 1. The zero-order valence-corrected chi connectivity index (χ0v) is 11.0. The molecule has 1 aromatic rings. The van der Waals surface area contributed by atoms with E-state index in [0.717, 1.165) is 24.8 Å². The van der Waals surface area contributed by atoms with E-state index in [9.17, 15) is 9.18 Å². The number of amides is 1. The van der Waals surface area contributed by atoms with Crippen molar-refractivity contribution in [2.45, 2.75) is 32.2 Å². The number of benzene rings is 1. The van der Waals surface area contributed by atoms with Gasteiger partial charge < -0.3 is 11.1 Å². The van der Waals surface area contributed by atoms with Crippen molar-refractivity contribution in [1.82, 2.24) is 0 Å². The first kappa shape index (κ1) is 12.6. The van der Waals surface area contributed by atoms with Crippen LogP contribution in [0.3, 0.4) is 0 Å². The minimum Gasteiger partial charge on any atom is -0.327 e. The number of rotatable bonds is 2. The molecule has 2 aliphatic carbocycles. The van der Waals surface area contributed by atoms with Crippen molar-refractivity contribution >= 4 is 11.6 Å². The first-order chi connectivity index (χ1) is 9.08. The summed E-state index contributed by atoms with van der Waals surface area (Å²) in [5.41, 5.74) is 7.18. The molecule has 0 spiro atoms. The average molecular weight is 262 g/mol. The molecule has 3 rings (SSSR count). The summed E-state index contributed by atoms with van der Waals surface area (Å²) in [6.07, 6.45) is 3.26. The molecule has 2 aliphatic rings. The van der Waals surface area contributed by atoms with Gasteiger partial charge in [0.2, 0.25) is 5.91 Å². The molecule has 0 radical (unpaired) electrons. The Labute approximate surface area is 112 Å². The molecule has 2 bridgehead atoms. The number of halogens is 1. The van der Waals surface area contributed by atoms with Crippen molar-refractivity contribution in [1.29, 1.82) is 0 Å². The van der Waals surface area contributed by atoms with Gasteiger partial charge in [0.25, 0.3) is 0 Å². The zero-order valence-electron chi connectivity index (χ0n) is 11.0. The van der Waals surface area contributed by atoms with Gasteiger partial charge in [-0.15, -0.1) is 0 Å². The Balaban J connectivity index is 1.79. The standard InChI is InChI=1S/C15H19FN2O/c1-8-3-2-4-11(16)14(8)18-15(19)12-9-5-6-10(7-9)13(12)17/h2-4,9-10,12-13H,5-7,17H2,1H3,(H,18,19). The molecule has 3 nitrogen and oxygen atoms in total. The molecular weight excluding hydrogens is 243 g/mol. The van der Waals surface area contributed by atoms with Crippen LogP contribution in [0.2, 0.25) is 0 Å². The van der Waals surface area contributed by atoms with Crippen LogP contribution in [0.25, 0.3) is 0 Å². The van der Waals surface area contributed by atoms with Gasteiger partial charge in [0.05, 0.1) is 11.6 Å². The van der Waals surface area contributed by atoms with Crippen LogP contribution in [0, 0.1) is 30.5 Å². The quantitative estimate of drug-likeness (QED) is 0.860. The number of carbonyl (C=O) groups is 1. The number of para-hydroxylation sites is 1. The van der Waals surface area contributed by atoms with Gasteiger partial charge in [-0.1, -0.05) is 12.1 Å². The summed E-state index contributed by atoms with van der Waals surface area (Å²) in [7, 11) is 0. The van der Waals surface area contributed by atoms with Crippen molar-refractivity contribution in [3.8, 4) is 0 Å². The molecule has 0 saturated heterocycles. The molecule has 0 heterocycles. The highest BCUT2D eigenvalue weighted by Gasteiger charge is 2.49. The smallest absolute Gasteiger partial charge is 0.229 e. The van der Waals surface area contributed by atoms with E-state index in [0.29, 0.717) is 17.5 Å². The van der Waals surface area contributed by atoms with Gasteiger partial charge in [-0.2, -0.15) is 0 Å². The highest BCUT2D eigenvalue weighted by molar-refractivity contribution is 5.94. The van der Waals surface area contributed by atoms with Crippen LogP contribution in [0.4, 0.5) is 10.1 Å². The van der Waals surface area contributed by atoms with Gasteiger partial charge in [0.1, 0.15) is 5.82 Å². The van der Waals surface area contributed by atoms with Crippen LogP contribution < -0.4 is 11.1 Å². The Bertz CT molecular complexity index is 495. The van der Waals surface area contributed by atoms with Crippen LogP contribution in [-0.2, 0) is 4.79 Å². The van der Waals surface area contributed by atoms with E-state index in [1.54, 1.807) is 19.1 Å². The van der Waals surface area contributed by atoms with Crippen LogP contribution >= 0.6 is 0 Å². The van der Waals surface area contributed by atoms with Gasteiger partial charge in [0.15, 0.2) is 0 Å². The third-order valence-electron chi connectivity index (χ3n) is 4.75. The summed E-state index contributed by atoms with van der Waals surface area (Å²) in [5, 5.41) is 2.74. The summed E-state index contributed by atoms with van der Waals surface area (Å²) in [5.74, 6) is 0.199. The fourth-order valence-electron chi connectivity index (χ4n) is 3.72. The second-order valence-electron chi connectivity index (χ2n) is 5.86. The van der Waals surface area contributed by atoms with Crippen LogP contribution in [0.15, 0.2) is 18.2 Å². The molecule has 2 saturated carbocycles. The monoisotopic (exact) mass is 262 g/mol. The maximum Gasteiger partial charge on any atom is 0.229 e. The molecule has 4 unspecified atom stereocenters. The number of hydrogen-bond donors (Lipinski definition) is 2. The Kier molecular flexibility index (Phi) is 3.05. The fraction of sp³-hybridized carbons (Fsp3) is 0.533. The van der Waals surface area contributed by atoms with E-state index >= 15 is 0 Å². The van der Waals surface area contributed by atoms with Gasteiger partial charge in [-0.25, -0.2) is 4.39 Å². The summed E-state index contributed by atoms with van der Waals surface area (Å²) in [6.45, 7) is 1.79. The van der Waals surface area contributed by atoms with Crippen molar-refractivity contribution in [3.63, 3.8) is 0 Å². The van der Waals surface area contributed by atoms with Gasteiger partial charge in [-0.3, -0.25) is 4.79 Å². The molecule has 1 amide bonds. The molecule has 4 atom stereocenters. The average Bonchev–Trinajstić information content (AvgIpc) is 2.94. The molecule has 2 fully saturated rings. The fourth-order valence-corrected chi connectivity index (χ4v) is 3.72. The lowest BCUT2D eigenvalue weighted by Gasteiger charge is -2.27. The minimum atomic E-state index is -0.384. The molecule has 1 aromatic carbocycles. The third-order valence-corrected chi connectivity index (χ3v) is 4.75. The first-order valence-electron chi connectivity index (χ1n) is 6.89. The third kappa shape index (κ3) is 2.04. The van der Waals surface area contributed by atoms with Crippen molar-refractivity contribution in [2.75, 3.05) is 5.32 Å². The highest BCUT2D eigenvalue weighted by atomic mass is 19.1. The topological polar surface area (TPSA) is 55.1 Å². The van der Waals surface area contributed by atoms with Crippen LogP contribution in [0.1, 0.15) is 24.8 Å². The Morgan fingerprint density at radius 2 is 2.11 bits per heavy atom. The number of carbonyl (C=O) groups excluding carboxylic acids is 1. The van der Waals surface area contributed by atoms with E-state index in [1.165, 1.54) is 6.07 Å². The summed E-state index contributed by atoms with van der Waals surface area (Å²) < 4.78 is 13.7. The molecule has 3 N–H and O–H groups in total. The van der Waals surface area contributed by atoms with E-state index in [4.69, 9.17) is 5.73 Å². The summed E-state index contributed by atoms with van der Waals surface area (Å²) in [4.78, 5) is 12.4. The van der Waals surface area contributed by atoms with Gasteiger partial charge >= 0.3 is 0 Å².